The Morgan fingerprint density at radius 2 is 2.29 bits per heavy atom. The van der Waals surface area contributed by atoms with Crippen molar-refractivity contribution in [3.63, 3.8) is 0 Å². The van der Waals surface area contributed by atoms with Crippen LogP contribution in [-0.4, -0.2) is 36.5 Å². The van der Waals surface area contributed by atoms with E-state index in [1.54, 1.807) is 18.0 Å². The molecule has 1 aromatic rings. The van der Waals surface area contributed by atoms with Crippen LogP contribution >= 0.6 is 11.8 Å². The van der Waals surface area contributed by atoms with Crippen molar-refractivity contribution in [3.8, 4) is 0 Å². The highest BCUT2D eigenvalue weighted by atomic mass is 32.2. The van der Waals surface area contributed by atoms with Gasteiger partial charge in [-0.2, -0.15) is 0 Å². The molecule has 0 aromatic carbocycles. The fourth-order valence-electron chi connectivity index (χ4n) is 1.25. The van der Waals surface area contributed by atoms with Crippen molar-refractivity contribution < 1.29 is 9.15 Å². The van der Waals surface area contributed by atoms with E-state index in [9.17, 15) is 0 Å². The van der Waals surface area contributed by atoms with Crippen LogP contribution in [0.3, 0.4) is 0 Å². The van der Waals surface area contributed by atoms with E-state index in [1.165, 1.54) is 0 Å². The molecule has 1 heterocycles. The lowest BCUT2D eigenvalue weighted by molar-refractivity contribution is 0.0772. The number of ether oxygens (including phenoxy) is 1. The fraction of sp³-hybridized carbons (Fsp3) is 0.750. The lowest BCUT2D eigenvalue weighted by atomic mass is 10.4. The largest absolute Gasteiger partial charge is 0.440 e. The molecule has 98 valence electrons. The predicted octanol–water partition coefficient (Wildman–Crippen LogP) is 2.48. The molecule has 0 saturated carbocycles. The SMILES string of the molecule is Cc1coc(SCCNCCCOC(C)C)n1. The number of aryl methyl sites for hydroxylation is 1. The molecule has 1 aromatic heterocycles. The third-order valence-corrected chi connectivity index (χ3v) is 2.89. The summed E-state index contributed by atoms with van der Waals surface area (Å²) in [6, 6.07) is 0. The van der Waals surface area contributed by atoms with E-state index < -0.39 is 0 Å². The van der Waals surface area contributed by atoms with Crippen LogP contribution < -0.4 is 5.32 Å². The van der Waals surface area contributed by atoms with Crippen LogP contribution in [0.5, 0.6) is 0 Å². The molecular weight excluding hydrogens is 236 g/mol. The predicted molar refractivity (Wildman–Crippen MR) is 70.5 cm³/mol. The third-order valence-electron chi connectivity index (χ3n) is 2.05. The molecule has 0 saturated heterocycles. The van der Waals surface area contributed by atoms with Crippen molar-refractivity contribution in [2.24, 2.45) is 0 Å². The molecule has 1 rings (SSSR count). The minimum atomic E-state index is 0.332. The lowest BCUT2D eigenvalue weighted by Crippen LogP contribution is -2.20. The molecule has 17 heavy (non-hydrogen) atoms. The number of aromatic nitrogens is 1. The van der Waals surface area contributed by atoms with Gasteiger partial charge in [-0.3, -0.25) is 0 Å². The first-order valence-electron chi connectivity index (χ1n) is 6.05. The molecule has 0 amide bonds. The molecule has 0 aliphatic rings. The summed E-state index contributed by atoms with van der Waals surface area (Å²) in [4.78, 5) is 4.23. The molecule has 0 aliphatic carbocycles. The summed E-state index contributed by atoms with van der Waals surface area (Å²) in [5.41, 5.74) is 0.936. The molecule has 0 spiro atoms. The Morgan fingerprint density at radius 3 is 2.94 bits per heavy atom. The smallest absolute Gasteiger partial charge is 0.255 e. The highest BCUT2D eigenvalue weighted by molar-refractivity contribution is 7.99. The molecule has 0 atom stereocenters. The zero-order chi connectivity index (χ0) is 12.5. The van der Waals surface area contributed by atoms with Gasteiger partial charge in [-0.05, 0) is 33.7 Å². The summed E-state index contributed by atoms with van der Waals surface area (Å²) >= 11 is 1.64. The van der Waals surface area contributed by atoms with Crippen molar-refractivity contribution in [1.82, 2.24) is 10.3 Å². The van der Waals surface area contributed by atoms with Gasteiger partial charge in [0.05, 0.1) is 11.8 Å². The summed E-state index contributed by atoms with van der Waals surface area (Å²) in [5.74, 6) is 0.977. The zero-order valence-electron chi connectivity index (χ0n) is 10.9. The Bertz CT molecular complexity index is 302. The number of hydrogen-bond acceptors (Lipinski definition) is 5. The third kappa shape index (κ3) is 7.41. The van der Waals surface area contributed by atoms with Gasteiger partial charge in [-0.15, -0.1) is 0 Å². The van der Waals surface area contributed by atoms with Crippen LogP contribution in [0.4, 0.5) is 0 Å². The van der Waals surface area contributed by atoms with Crippen LogP contribution in [0.2, 0.25) is 0 Å². The van der Waals surface area contributed by atoms with Crippen LogP contribution in [0.15, 0.2) is 15.9 Å². The summed E-state index contributed by atoms with van der Waals surface area (Å²) in [5, 5.41) is 4.12. The van der Waals surface area contributed by atoms with E-state index in [2.05, 4.69) is 24.1 Å². The van der Waals surface area contributed by atoms with Crippen molar-refractivity contribution >= 4 is 11.8 Å². The van der Waals surface area contributed by atoms with Gasteiger partial charge >= 0.3 is 0 Å². The fourth-order valence-corrected chi connectivity index (χ4v) is 2.00. The van der Waals surface area contributed by atoms with E-state index >= 15 is 0 Å². The zero-order valence-corrected chi connectivity index (χ0v) is 11.7. The number of rotatable bonds is 9. The van der Waals surface area contributed by atoms with Gasteiger partial charge in [-0.25, -0.2) is 4.98 Å². The molecule has 1 N–H and O–H groups in total. The van der Waals surface area contributed by atoms with Gasteiger partial charge < -0.3 is 14.5 Å². The highest BCUT2D eigenvalue weighted by Crippen LogP contribution is 2.15. The second-order valence-electron chi connectivity index (χ2n) is 4.13. The molecule has 0 bridgehead atoms. The van der Waals surface area contributed by atoms with E-state index in [4.69, 9.17) is 9.15 Å². The first kappa shape index (κ1) is 14.5. The Labute approximate surface area is 108 Å². The summed E-state index contributed by atoms with van der Waals surface area (Å²) in [6.07, 6.45) is 3.07. The standard InChI is InChI=1S/C12H22N2O2S/c1-10(2)15-7-4-5-13-6-8-17-12-14-11(3)9-16-12/h9-10,13H,4-8H2,1-3H3. The van der Waals surface area contributed by atoms with Gasteiger partial charge in [0.15, 0.2) is 0 Å². The summed E-state index contributed by atoms with van der Waals surface area (Å²) < 4.78 is 10.7. The normalized spacial score (nSPS) is 11.3. The average molecular weight is 258 g/mol. The lowest BCUT2D eigenvalue weighted by Gasteiger charge is -2.07. The van der Waals surface area contributed by atoms with Crippen LogP contribution in [0.25, 0.3) is 0 Å². The van der Waals surface area contributed by atoms with Gasteiger partial charge in [0.1, 0.15) is 6.26 Å². The van der Waals surface area contributed by atoms with Crippen molar-refractivity contribution in [2.75, 3.05) is 25.4 Å². The Hall–Kier alpha value is -0.520. The quantitative estimate of drug-likeness (QED) is 0.544. The monoisotopic (exact) mass is 258 g/mol. The maximum Gasteiger partial charge on any atom is 0.255 e. The Balaban J connectivity index is 1.88. The highest BCUT2D eigenvalue weighted by Gasteiger charge is 2.00. The van der Waals surface area contributed by atoms with Crippen molar-refractivity contribution in [1.29, 1.82) is 0 Å². The van der Waals surface area contributed by atoms with E-state index in [-0.39, 0.29) is 0 Å². The minimum absolute atomic E-state index is 0.332. The topological polar surface area (TPSA) is 47.3 Å². The van der Waals surface area contributed by atoms with E-state index in [1.807, 2.05) is 6.92 Å². The Kier molecular flexibility index (Phi) is 7.32. The minimum Gasteiger partial charge on any atom is -0.440 e. The average Bonchev–Trinajstić information content (AvgIpc) is 2.68. The van der Waals surface area contributed by atoms with Gasteiger partial charge in [0.2, 0.25) is 0 Å². The molecular formula is C12H22N2O2S. The number of nitrogens with one attached hydrogen (secondary N) is 1. The number of thioether (sulfide) groups is 1. The second kappa shape index (κ2) is 8.55. The van der Waals surface area contributed by atoms with Crippen LogP contribution in [0.1, 0.15) is 26.0 Å². The molecule has 0 unspecified atom stereocenters. The van der Waals surface area contributed by atoms with Crippen molar-refractivity contribution in [3.05, 3.63) is 12.0 Å². The van der Waals surface area contributed by atoms with Gasteiger partial charge in [-0.1, -0.05) is 11.8 Å². The molecule has 0 radical (unpaired) electrons. The second-order valence-corrected chi connectivity index (χ2v) is 5.17. The van der Waals surface area contributed by atoms with Gasteiger partial charge in [0.25, 0.3) is 5.22 Å². The van der Waals surface area contributed by atoms with Crippen LogP contribution in [-0.2, 0) is 4.74 Å². The number of nitrogens with zero attached hydrogens (tertiary/aromatic N) is 1. The number of hydrogen-bond donors (Lipinski definition) is 1. The Morgan fingerprint density at radius 1 is 1.47 bits per heavy atom. The molecule has 5 heteroatoms. The van der Waals surface area contributed by atoms with Gasteiger partial charge in [0, 0.05) is 18.9 Å². The number of oxazole rings is 1. The first-order valence-corrected chi connectivity index (χ1v) is 7.04. The maximum atomic E-state index is 5.45. The molecule has 4 nitrogen and oxygen atoms in total. The first-order chi connectivity index (χ1) is 8.18. The molecule has 0 fully saturated rings. The molecule has 0 aliphatic heterocycles. The van der Waals surface area contributed by atoms with Crippen molar-refractivity contribution in [2.45, 2.75) is 38.5 Å². The summed E-state index contributed by atoms with van der Waals surface area (Å²) in [7, 11) is 0. The van der Waals surface area contributed by atoms with Crippen LogP contribution in [0, 0.1) is 6.92 Å². The van der Waals surface area contributed by atoms with E-state index in [0.717, 1.165) is 42.8 Å². The summed E-state index contributed by atoms with van der Waals surface area (Å²) in [6.45, 7) is 8.84. The maximum absolute atomic E-state index is 5.45. The van der Waals surface area contributed by atoms with E-state index in [0.29, 0.717) is 6.10 Å².